The summed E-state index contributed by atoms with van der Waals surface area (Å²) in [5.74, 6) is -1.53. The van der Waals surface area contributed by atoms with Crippen LogP contribution in [0.3, 0.4) is 0 Å². The summed E-state index contributed by atoms with van der Waals surface area (Å²) in [6.45, 7) is 3.48. The number of carbonyl (C=O) groups is 2. The molecule has 3 aromatic carbocycles. The molecule has 0 spiro atoms. The predicted octanol–water partition coefficient (Wildman–Crippen LogP) is 6.06. The summed E-state index contributed by atoms with van der Waals surface area (Å²) in [7, 11) is 0. The highest BCUT2D eigenvalue weighted by Gasteiger charge is 2.31. The van der Waals surface area contributed by atoms with Gasteiger partial charge in [0.25, 0.3) is 5.69 Å². The molecule has 4 aromatic rings. The summed E-state index contributed by atoms with van der Waals surface area (Å²) >= 11 is 0. The molecule has 1 amide bonds. The number of nitro groups is 1. The number of esters is 1. The van der Waals surface area contributed by atoms with Gasteiger partial charge in [-0.3, -0.25) is 19.7 Å². The fraction of sp³-hybridized carbons (Fsp3) is 0.312. The monoisotopic (exact) mass is 557 g/mol. The molecule has 8 nitrogen and oxygen atoms in total. The normalized spacial score (nSPS) is 14.6. The zero-order valence-electron chi connectivity index (χ0n) is 22.9. The third-order valence-corrected chi connectivity index (χ3v) is 7.77. The fourth-order valence-corrected chi connectivity index (χ4v) is 5.67. The van der Waals surface area contributed by atoms with E-state index in [0.29, 0.717) is 50.0 Å². The van der Waals surface area contributed by atoms with E-state index in [1.165, 1.54) is 24.3 Å². The highest BCUT2D eigenvalue weighted by atomic mass is 19.1. The molecule has 0 N–H and O–H groups in total. The number of nitro benzene ring substituents is 1. The quantitative estimate of drug-likeness (QED) is 0.142. The first-order valence-corrected chi connectivity index (χ1v) is 13.8. The molecular weight excluding hydrogens is 525 g/mol. The van der Waals surface area contributed by atoms with Gasteiger partial charge in [-0.1, -0.05) is 42.5 Å². The fourth-order valence-electron chi connectivity index (χ4n) is 5.67. The number of non-ortho nitro benzene ring substituents is 1. The van der Waals surface area contributed by atoms with E-state index in [0.717, 1.165) is 16.6 Å². The van der Waals surface area contributed by atoms with Crippen molar-refractivity contribution in [1.82, 2.24) is 9.47 Å². The number of hydrogen-bond acceptors (Lipinski definition) is 5. The molecule has 1 saturated heterocycles. The molecule has 0 unspecified atom stereocenters. The van der Waals surface area contributed by atoms with Gasteiger partial charge in [0.1, 0.15) is 5.82 Å². The van der Waals surface area contributed by atoms with Gasteiger partial charge in [0, 0.05) is 61.2 Å². The summed E-state index contributed by atoms with van der Waals surface area (Å²) in [6.07, 6.45) is 3.04. The zero-order valence-corrected chi connectivity index (χ0v) is 22.9. The maximum absolute atomic E-state index is 14.5. The second-order valence-corrected chi connectivity index (χ2v) is 10.4. The van der Waals surface area contributed by atoms with Gasteiger partial charge in [-0.25, -0.2) is 4.39 Å². The molecule has 0 saturated carbocycles. The van der Waals surface area contributed by atoms with Crippen molar-refractivity contribution in [3.05, 3.63) is 112 Å². The number of likely N-dealkylation sites (tertiary alicyclic amines) is 1. The molecule has 5 rings (SSSR count). The molecule has 1 atom stereocenters. The number of benzene rings is 3. The van der Waals surface area contributed by atoms with Crippen molar-refractivity contribution in [2.45, 2.75) is 38.6 Å². The Morgan fingerprint density at radius 1 is 1.05 bits per heavy atom. The minimum Gasteiger partial charge on any atom is -0.466 e. The molecule has 1 aliphatic heterocycles. The average Bonchev–Trinajstić information content (AvgIpc) is 3.33. The molecular formula is C32H32FN3O5. The first-order valence-electron chi connectivity index (χ1n) is 13.8. The number of halogens is 1. The number of hydrogen-bond donors (Lipinski definition) is 0. The van der Waals surface area contributed by atoms with E-state index in [2.05, 4.69) is 0 Å². The Morgan fingerprint density at radius 2 is 1.80 bits per heavy atom. The van der Waals surface area contributed by atoms with Gasteiger partial charge in [-0.15, -0.1) is 0 Å². The number of aromatic nitrogens is 1. The average molecular weight is 558 g/mol. The maximum atomic E-state index is 14.5. The Balaban J connectivity index is 1.51. The van der Waals surface area contributed by atoms with Crippen molar-refractivity contribution >= 4 is 28.5 Å². The Morgan fingerprint density at radius 3 is 2.49 bits per heavy atom. The van der Waals surface area contributed by atoms with Crippen molar-refractivity contribution in [3.8, 4) is 0 Å². The van der Waals surface area contributed by atoms with Crippen LogP contribution in [0.4, 0.5) is 10.1 Å². The van der Waals surface area contributed by atoms with Crippen LogP contribution in [0, 0.1) is 21.8 Å². The molecule has 41 heavy (non-hydrogen) atoms. The Kier molecular flexibility index (Phi) is 8.42. The molecule has 212 valence electrons. The zero-order chi connectivity index (χ0) is 28.9. The number of fused-ring (bicyclic) bond motifs is 1. The minimum atomic E-state index is -0.539. The minimum absolute atomic E-state index is 0.0541. The molecule has 9 heteroatoms. The highest BCUT2D eigenvalue weighted by Crippen LogP contribution is 2.37. The third kappa shape index (κ3) is 6.29. The molecule has 1 fully saturated rings. The number of nitrogens with zero attached hydrogens (tertiary/aromatic N) is 3. The second kappa shape index (κ2) is 12.3. The number of piperidine rings is 1. The molecule has 0 radical (unpaired) electrons. The van der Waals surface area contributed by atoms with E-state index in [1.807, 2.05) is 41.1 Å². The van der Waals surface area contributed by atoms with E-state index in [-0.39, 0.29) is 29.9 Å². The van der Waals surface area contributed by atoms with Crippen LogP contribution in [-0.2, 0) is 20.9 Å². The smallest absolute Gasteiger partial charge is 0.309 e. The van der Waals surface area contributed by atoms with Gasteiger partial charge in [-0.2, -0.15) is 0 Å². The lowest BCUT2D eigenvalue weighted by molar-refractivity contribution is -0.384. The second-order valence-electron chi connectivity index (χ2n) is 10.4. The molecule has 1 aliphatic rings. The summed E-state index contributed by atoms with van der Waals surface area (Å²) in [5, 5.41) is 12.3. The third-order valence-electron chi connectivity index (χ3n) is 7.77. The summed E-state index contributed by atoms with van der Waals surface area (Å²) in [5.41, 5.74) is 3.13. The summed E-state index contributed by atoms with van der Waals surface area (Å²) in [6, 6.07) is 20.8. The van der Waals surface area contributed by atoms with Crippen LogP contribution in [0.5, 0.6) is 0 Å². The van der Waals surface area contributed by atoms with E-state index >= 15 is 0 Å². The van der Waals surface area contributed by atoms with Crippen molar-refractivity contribution in [1.29, 1.82) is 0 Å². The van der Waals surface area contributed by atoms with Crippen LogP contribution < -0.4 is 0 Å². The summed E-state index contributed by atoms with van der Waals surface area (Å²) in [4.78, 5) is 38.8. The lowest BCUT2D eigenvalue weighted by Gasteiger charge is -2.32. The first kappa shape index (κ1) is 28.0. The van der Waals surface area contributed by atoms with Gasteiger partial charge >= 0.3 is 5.97 Å². The van der Waals surface area contributed by atoms with Crippen LogP contribution in [0.25, 0.3) is 10.9 Å². The number of amides is 1. The number of carbonyl (C=O) groups excluding carboxylic acids is 2. The summed E-state index contributed by atoms with van der Waals surface area (Å²) < 4.78 is 21.6. The van der Waals surface area contributed by atoms with Gasteiger partial charge in [0.05, 0.1) is 17.4 Å². The topological polar surface area (TPSA) is 94.7 Å². The Labute approximate surface area is 237 Å². The van der Waals surface area contributed by atoms with Crippen molar-refractivity contribution in [3.63, 3.8) is 0 Å². The van der Waals surface area contributed by atoms with Gasteiger partial charge < -0.3 is 14.2 Å². The van der Waals surface area contributed by atoms with Crippen molar-refractivity contribution in [2.24, 2.45) is 5.92 Å². The van der Waals surface area contributed by atoms with Gasteiger partial charge in [-0.05, 0) is 54.7 Å². The largest absolute Gasteiger partial charge is 0.466 e. The van der Waals surface area contributed by atoms with E-state index in [4.69, 9.17) is 4.74 Å². The van der Waals surface area contributed by atoms with Gasteiger partial charge in [0.15, 0.2) is 0 Å². The van der Waals surface area contributed by atoms with E-state index in [9.17, 15) is 24.1 Å². The van der Waals surface area contributed by atoms with Crippen LogP contribution in [0.2, 0.25) is 0 Å². The molecule has 0 aliphatic carbocycles. The highest BCUT2D eigenvalue weighted by molar-refractivity contribution is 5.88. The molecule has 1 aromatic heterocycles. The SMILES string of the molecule is CCOC(=O)C1CCN(C(=O)C[C@H](c2cccc(F)c2)c2cn(Cc3ccccc3)c3ccc([N+](=O)[O-])cc23)CC1. The first-order chi connectivity index (χ1) is 19.8. The van der Waals surface area contributed by atoms with Crippen molar-refractivity contribution < 1.29 is 23.6 Å². The van der Waals surface area contributed by atoms with Crippen LogP contribution in [0.15, 0.2) is 79.0 Å². The number of rotatable bonds is 9. The Bertz CT molecular complexity index is 1560. The van der Waals surface area contributed by atoms with Crippen LogP contribution in [0.1, 0.15) is 48.8 Å². The maximum Gasteiger partial charge on any atom is 0.309 e. The standard InChI is InChI=1S/C32H32FN3O5/c1-2-41-32(38)23-13-15-34(16-14-23)31(37)19-27(24-9-6-10-25(33)17-24)29-21-35(20-22-7-4-3-5-8-22)30-12-11-26(36(39)40)18-28(29)30/h3-12,17-18,21,23,27H,2,13-16,19-20H2,1H3/t27-/m1/s1. The number of ether oxygens (including phenoxy) is 1. The van der Waals surface area contributed by atoms with Crippen LogP contribution in [-0.4, -0.2) is 46.0 Å². The molecule has 0 bridgehead atoms. The lowest BCUT2D eigenvalue weighted by Crippen LogP contribution is -2.41. The van der Waals surface area contributed by atoms with E-state index < -0.39 is 16.7 Å². The van der Waals surface area contributed by atoms with Crippen LogP contribution >= 0.6 is 0 Å². The Hall–Kier alpha value is -4.53. The van der Waals surface area contributed by atoms with Gasteiger partial charge in [0.2, 0.25) is 5.91 Å². The molecule has 2 heterocycles. The van der Waals surface area contributed by atoms with E-state index in [1.54, 1.807) is 30.0 Å². The lowest BCUT2D eigenvalue weighted by atomic mass is 9.87. The predicted molar refractivity (Wildman–Crippen MR) is 153 cm³/mol. The van der Waals surface area contributed by atoms with Crippen molar-refractivity contribution in [2.75, 3.05) is 19.7 Å².